The van der Waals surface area contributed by atoms with Gasteiger partial charge in [0.15, 0.2) is 0 Å². The van der Waals surface area contributed by atoms with Crippen molar-refractivity contribution in [3.8, 4) is 0 Å². The maximum Gasteiger partial charge on any atom is 0.137 e. The summed E-state index contributed by atoms with van der Waals surface area (Å²) in [4.78, 5) is 8.86. The number of rotatable bonds is 4. The molecule has 6 heteroatoms. The summed E-state index contributed by atoms with van der Waals surface area (Å²) in [5, 5.41) is 4.95. The van der Waals surface area contributed by atoms with E-state index in [4.69, 9.17) is 11.6 Å². The molecule has 1 aromatic carbocycles. The molecule has 0 atom stereocenters. The summed E-state index contributed by atoms with van der Waals surface area (Å²) in [5.41, 5.74) is 2.55. The van der Waals surface area contributed by atoms with E-state index in [1.165, 1.54) is 11.3 Å². The SMILES string of the molecule is Cc1ccc(Cl)cc1N1CCN(CCn2cncn2)CC1. The molecule has 1 aromatic heterocycles. The van der Waals surface area contributed by atoms with Gasteiger partial charge in [-0.1, -0.05) is 17.7 Å². The second-order valence-electron chi connectivity index (χ2n) is 5.42. The fourth-order valence-corrected chi connectivity index (χ4v) is 2.89. The fourth-order valence-electron chi connectivity index (χ4n) is 2.73. The molecule has 0 spiro atoms. The van der Waals surface area contributed by atoms with E-state index >= 15 is 0 Å². The molecule has 3 rings (SSSR count). The van der Waals surface area contributed by atoms with Gasteiger partial charge in [0.2, 0.25) is 0 Å². The van der Waals surface area contributed by atoms with Crippen molar-refractivity contribution in [3.63, 3.8) is 0 Å². The van der Waals surface area contributed by atoms with Crippen LogP contribution in [-0.2, 0) is 6.54 Å². The lowest BCUT2D eigenvalue weighted by Gasteiger charge is -2.36. The zero-order chi connectivity index (χ0) is 14.7. The van der Waals surface area contributed by atoms with Gasteiger partial charge in [0.25, 0.3) is 0 Å². The number of anilines is 1. The topological polar surface area (TPSA) is 37.2 Å². The Morgan fingerprint density at radius 1 is 1.14 bits per heavy atom. The van der Waals surface area contributed by atoms with Crippen LogP contribution in [0.4, 0.5) is 5.69 Å². The highest BCUT2D eigenvalue weighted by Gasteiger charge is 2.18. The van der Waals surface area contributed by atoms with Crippen molar-refractivity contribution in [2.75, 3.05) is 37.6 Å². The summed E-state index contributed by atoms with van der Waals surface area (Å²) in [6.07, 6.45) is 3.35. The van der Waals surface area contributed by atoms with Crippen molar-refractivity contribution in [2.45, 2.75) is 13.5 Å². The van der Waals surface area contributed by atoms with Gasteiger partial charge in [0, 0.05) is 43.4 Å². The minimum Gasteiger partial charge on any atom is -0.369 e. The van der Waals surface area contributed by atoms with Crippen molar-refractivity contribution in [1.29, 1.82) is 0 Å². The average molecular weight is 306 g/mol. The number of halogens is 1. The number of aromatic nitrogens is 3. The highest BCUT2D eigenvalue weighted by Crippen LogP contribution is 2.25. The second kappa shape index (κ2) is 6.45. The molecule has 0 bridgehead atoms. The first-order valence-corrected chi connectivity index (χ1v) is 7.66. The molecule has 21 heavy (non-hydrogen) atoms. The van der Waals surface area contributed by atoms with Crippen LogP contribution in [0.15, 0.2) is 30.9 Å². The number of nitrogens with zero attached hydrogens (tertiary/aromatic N) is 5. The maximum absolute atomic E-state index is 6.12. The van der Waals surface area contributed by atoms with Crippen LogP contribution in [0.5, 0.6) is 0 Å². The Kier molecular flexibility index (Phi) is 4.41. The molecule has 0 aliphatic carbocycles. The molecule has 0 radical (unpaired) electrons. The lowest BCUT2D eigenvalue weighted by atomic mass is 10.1. The predicted octanol–water partition coefficient (Wildman–Crippen LogP) is 2.06. The Balaban J connectivity index is 1.54. The third-order valence-corrected chi connectivity index (χ3v) is 4.23. The van der Waals surface area contributed by atoms with Crippen LogP contribution in [0.2, 0.25) is 5.02 Å². The van der Waals surface area contributed by atoms with E-state index in [0.717, 1.165) is 44.3 Å². The normalized spacial score (nSPS) is 16.4. The molecule has 0 unspecified atom stereocenters. The van der Waals surface area contributed by atoms with Gasteiger partial charge in [0.05, 0.1) is 6.54 Å². The summed E-state index contributed by atoms with van der Waals surface area (Å²) in [6, 6.07) is 6.12. The van der Waals surface area contributed by atoms with Gasteiger partial charge in [-0.15, -0.1) is 0 Å². The number of hydrogen-bond donors (Lipinski definition) is 0. The van der Waals surface area contributed by atoms with Gasteiger partial charge < -0.3 is 4.90 Å². The van der Waals surface area contributed by atoms with Crippen molar-refractivity contribution >= 4 is 17.3 Å². The summed E-state index contributed by atoms with van der Waals surface area (Å²) in [5.74, 6) is 0. The van der Waals surface area contributed by atoms with Gasteiger partial charge in [-0.3, -0.25) is 9.58 Å². The van der Waals surface area contributed by atoms with Gasteiger partial charge in [-0.25, -0.2) is 4.98 Å². The molecular weight excluding hydrogens is 286 g/mol. The lowest BCUT2D eigenvalue weighted by molar-refractivity contribution is 0.244. The second-order valence-corrected chi connectivity index (χ2v) is 5.85. The first-order valence-electron chi connectivity index (χ1n) is 7.28. The van der Waals surface area contributed by atoms with Crippen LogP contribution < -0.4 is 4.90 Å². The Morgan fingerprint density at radius 3 is 2.67 bits per heavy atom. The largest absolute Gasteiger partial charge is 0.369 e. The van der Waals surface area contributed by atoms with E-state index in [1.807, 2.05) is 10.7 Å². The molecular formula is C15H20ClN5. The first-order chi connectivity index (χ1) is 10.2. The molecule has 112 valence electrons. The Hall–Kier alpha value is -1.59. The molecule has 2 heterocycles. The number of benzene rings is 1. The molecule has 1 fully saturated rings. The van der Waals surface area contributed by atoms with E-state index in [1.54, 1.807) is 12.7 Å². The standard InChI is InChI=1S/C15H20ClN5/c1-13-2-3-14(16)10-15(13)20-7-4-19(5-8-20)6-9-21-12-17-11-18-21/h2-3,10-12H,4-9H2,1H3. The molecule has 0 saturated carbocycles. The van der Waals surface area contributed by atoms with Gasteiger partial charge >= 0.3 is 0 Å². The van der Waals surface area contributed by atoms with Crippen LogP contribution in [0.25, 0.3) is 0 Å². The summed E-state index contributed by atoms with van der Waals surface area (Å²) in [6.45, 7) is 8.28. The van der Waals surface area contributed by atoms with E-state index in [9.17, 15) is 0 Å². The first kappa shape index (κ1) is 14.4. The summed E-state index contributed by atoms with van der Waals surface area (Å²) >= 11 is 6.12. The quantitative estimate of drug-likeness (QED) is 0.866. The Labute approximate surface area is 130 Å². The molecule has 1 aliphatic heterocycles. The van der Waals surface area contributed by atoms with E-state index in [0.29, 0.717) is 0 Å². The third kappa shape index (κ3) is 3.54. The van der Waals surface area contributed by atoms with Crippen LogP contribution in [0.1, 0.15) is 5.56 Å². The van der Waals surface area contributed by atoms with Gasteiger partial charge in [0.1, 0.15) is 12.7 Å². The summed E-state index contributed by atoms with van der Waals surface area (Å²) < 4.78 is 1.88. The Morgan fingerprint density at radius 2 is 1.95 bits per heavy atom. The zero-order valence-corrected chi connectivity index (χ0v) is 13.0. The van der Waals surface area contributed by atoms with E-state index in [-0.39, 0.29) is 0 Å². The van der Waals surface area contributed by atoms with E-state index < -0.39 is 0 Å². The molecule has 0 N–H and O–H groups in total. The van der Waals surface area contributed by atoms with Crippen molar-refractivity contribution in [3.05, 3.63) is 41.4 Å². The molecule has 1 saturated heterocycles. The number of piperazine rings is 1. The Bertz CT molecular complexity index is 576. The maximum atomic E-state index is 6.12. The minimum atomic E-state index is 0.809. The van der Waals surface area contributed by atoms with Crippen molar-refractivity contribution < 1.29 is 0 Å². The van der Waals surface area contributed by atoms with Crippen LogP contribution in [0.3, 0.4) is 0 Å². The molecule has 2 aromatic rings. The fraction of sp³-hybridized carbons (Fsp3) is 0.467. The zero-order valence-electron chi connectivity index (χ0n) is 12.2. The van der Waals surface area contributed by atoms with Crippen LogP contribution >= 0.6 is 11.6 Å². The number of aryl methyl sites for hydroxylation is 1. The molecule has 1 aliphatic rings. The van der Waals surface area contributed by atoms with Gasteiger partial charge in [-0.05, 0) is 24.6 Å². The summed E-state index contributed by atoms with van der Waals surface area (Å²) in [7, 11) is 0. The highest BCUT2D eigenvalue weighted by molar-refractivity contribution is 6.30. The van der Waals surface area contributed by atoms with E-state index in [2.05, 4.69) is 38.9 Å². The van der Waals surface area contributed by atoms with Crippen LogP contribution in [0, 0.1) is 6.92 Å². The highest BCUT2D eigenvalue weighted by atomic mass is 35.5. The van der Waals surface area contributed by atoms with Crippen molar-refractivity contribution in [1.82, 2.24) is 19.7 Å². The lowest BCUT2D eigenvalue weighted by Crippen LogP contribution is -2.47. The van der Waals surface area contributed by atoms with Gasteiger partial charge in [-0.2, -0.15) is 5.10 Å². The smallest absolute Gasteiger partial charge is 0.137 e. The predicted molar refractivity (Wildman–Crippen MR) is 84.9 cm³/mol. The number of hydrogen-bond acceptors (Lipinski definition) is 4. The monoisotopic (exact) mass is 305 g/mol. The average Bonchev–Trinajstić information content (AvgIpc) is 3.02. The van der Waals surface area contributed by atoms with Crippen LogP contribution in [-0.4, -0.2) is 52.4 Å². The third-order valence-electron chi connectivity index (χ3n) is 4.00. The minimum absolute atomic E-state index is 0.809. The molecule has 0 amide bonds. The molecule has 5 nitrogen and oxygen atoms in total. The van der Waals surface area contributed by atoms with Crippen molar-refractivity contribution in [2.24, 2.45) is 0 Å².